The molecule has 0 aliphatic rings. The van der Waals surface area contributed by atoms with Gasteiger partial charge in [0.1, 0.15) is 0 Å². The van der Waals surface area contributed by atoms with Crippen LogP contribution in [-0.4, -0.2) is 0 Å². The predicted octanol–water partition coefficient (Wildman–Crippen LogP) is -8.99. The maximum atomic E-state index is 0. The molecule has 0 amide bonds. The molecule has 0 saturated carbocycles. The van der Waals surface area contributed by atoms with E-state index >= 15 is 0 Å². The standard InChI is InChI=1S/3BrH.Sc/h3*1H;/q;;;+3/p-3. The summed E-state index contributed by atoms with van der Waals surface area (Å²) < 4.78 is 0. The van der Waals surface area contributed by atoms with Crippen molar-refractivity contribution in [2.45, 2.75) is 0 Å². The van der Waals surface area contributed by atoms with Crippen LogP contribution in [0.2, 0.25) is 0 Å². The first-order valence-electron chi connectivity index (χ1n) is 0. The summed E-state index contributed by atoms with van der Waals surface area (Å²) in [5, 5.41) is 0. The van der Waals surface area contributed by atoms with Crippen molar-refractivity contribution in [1.82, 2.24) is 0 Å². The van der Waals surface area contributed by atoms with E-state index in [1.165, 1.54) is 0 Å². The fourth-order valence-electron chi connectivity index (χ4n) is 0. The molecule has 0 radical (unpaired) electrons. The minimum atomic E-state index is 0. The van der Waals surface area contributed by atoms with Gasteiger partial charge in [-0.1, -0.05) is 0 Å². The van der Waals surface area contributed by atoms with Gasteiger partial charge in [-0.05, 0) is 0 Å². The molecule has 4 heavy (non-hydrogen) atoms. The SMILES string of the molecule is [Br-].[Br-].[Br-].[Sc+3]. The zero-order chi connectivity index (χ0) is 0. The molecule has 0 aromatic carbocycles. The smallest absolute Gasteiger partial charge is 1.00 e. The predicted molar refractivity (Wildman–Crippen MR) is 0 cm³/mol. The van der Waals surface area contributed by atoms with Gasteiger partial charge in [0.15, 0.2) is 0 Å². The van der Waals surface area contributed by atoms with Crippen molar-refractivity contribution in [3.05, 3.63) is 0 Å². The van der Waals surface area contributed by atoms with Crippen LogP contribution in [0, 0.1) is 0 Å². The van der Waals surface area contributed by atoms with E-state index in [9.17, 15) is 0 Å². The maximum absolute atomic E-state index is 0. The average molecular weight is 285 g/mol. The summed E-state index contributed by atoms with van der Waals surface area (Å²) in [5.41, 5.74) is 0. The van der Waals surface area contributed by atoms with Crippen LogP contribution in [0.4, 0.5) is 0 Å². The number of rotatable bonds is 0. The Balaban J connectivity index is 0. The maximum Gasteiger partial charge on any atom is 3.00 e. The summed E-state index contributed by atoms with van der Waals surface area (Å²) in [6, 6.07) is 0. The molecule has 0 nitrogen and oxygen atoms in total. The van der Waals surface area contributed by atoms with Crippen LogP contribution in [0.3, 0.4) is 0 Å². The fourth-order valence-corrected chi connectivity index (χ4v) is 0. The summed E-state index contributed by atoms with van der Waals surface area (Å²) in [4.78, 5) is 0. The fraction of sp³-hybridized carbons (Fsp3) is 0. The Hall–Kier alpha value is 2.31. The monoisotopic (exact) mass is 282 g/mol. The van der Waals surface area contributed by atoms with Crippen molar-refractivity contribution >= 4 is 0 Å². The third-order valence-electron chi connectivity index (χ3n) is 0. The molecule has 0 rings (SSSR count). The third-order valence-corrected chi connectivity index (χ3v) is 0. The molecule has 4 heteroatoms. The van der Waals surface area contributed by atoms with Crippen LogP contribution >= 0.6 is 0 Å². The summed E-state index contributed by atoms with van der Waals surface area (Å²) in [7, 11) is 0. The first-order chi connectivity index (χ1) is 0. The minimum Gasteiger partial charge on any atom is -1.00 e. The number of halogens is 3. The molecule has 0 fully saturated rings. The molecule has 0 spiro atoms. The van der Waals surface area contributed by atoms with E-state index in [1.54, 1.807) is 0 Å². The zero-order valence-electron chi connectivity index (χ0n) is 1.71. The van der Waals surface area contributed by atoms with Crippen molar-refractivity contribution in [2.75, 3.05) is 0 Å². The normalized spacial score (nSPS) is 0. The number of hydrogen-bond donors (Lipinski definition) is 0. The van der Waals surface area contributed by atoms with Crippen molar-refractivity contribution < 1.29 is 76.8 Å². The molecule has 0 saturated heterocycles. The summed E-state index contributed by atoms with van der Waals surface area (Å²) >= 11 is 0. The van der Waals surface area contributed by atoms with Gasteiger partial charge in [0.05, 0.1) is 0 Å². The van der Waals surface area contributed by atoms with Crippen molar-refractivity contribution in [2.24, 2.45) is 0 Å². The van der Waals surface area contributed by atoms with Crippen LogP contribution < -0.4 is 50.9 Å². The summed E-state index contributed by atoms with van der Waals surface area (Å²) in [6.45, 7) is 0. The molecule has 0 N–H and O–H groups in total. The van der Waals surface area contributed by atoms with Crippen LogP contribution in [0.1, 0.15) is 0 Å². The van der Waals surface area contributed by atoms with Gasteiger partial charge in [0, 0.05) is 0 Å². The van der Waals surface area contributed by atoms with E-state index in [-0.39, 0.29) is 76.8 Å². The topological polar surface area (TPSA) is 0 Å². The van der Waals surface area contributed by atoms with Gasteiger partial charge in [-0.25, -0.2) is 0 Å². The van der Waals surface area contributed by atoms with Crippen molar-refractivity contribution in [3.8, 4) is 0 Å². The molecule has 0 bridgehead atoms. The quantitative estimate of drug-likeness (QED) is 0.415. The molecule has 0 aromatic rings. The van der Waals surface area contributed by atoms with Gasteiger partial charge < -0.3 is 50.9 Å². The van der Waals surface area contributed by atoms with Gasteiger partial charge >= 0.3 is 25.8 Å². The van der Waals surface area contributed by atoms with Gasteiger partial charge in [0.2, 0.25) is 0 Å². The molecule has 0 aliphatic heterocycles. The van der Waals surface area contributed by atoms with Crippen LogP contribution in [-0.2, 0) is 25.8 Å². The minimum absolute atomic E-state index is 0. The molecule has 0 heterocycles. The Kier molecular flexibility index (Phi) is 154. The van der Waals surface area contributed by atoms with Crippen molar-refractivity contribution in [3.63, 3.8) is 0 Å². The molecule has 24 valence electrons. The third kappa shape index (κ3) is 8.85. The molecule has 0 aliphatic carbocycles. The summed E-state index contributed by atoms with van der Waals surface area (Å²) in [5.74, 6) is 0. The Morgan fingerprint density at radius 3 is 0.500 bits per heavy atom. The van der Waals surface area contributed by atoms with E-state index in [4.69, 9.17) is 0 Å². The van der Waals surface area contributed by atoms with Gasteiger partial charge in [0.25, 0.3) is 0 Å². The average Bonchev–Trinajstić information content (AvgIpc) is 0. The van der Waals surface area contributed by atoms with Crippen LogP contribution in [0.15, 0.2) is 0 Å². The van der Waals surface area contributed by atoms with E-state index in [1.807, 2.05) is 0 Å². The van der Waals surface area contributed by atoms with Crippen LogP contribution in [0.5, 0.6) is 0 Å². The van der Waals surface area contributed by atoms with Gasteiger partial charge in [-0.2, -0.15) is 0 Å². The number of hydrogen-bond acceptors (Lipinski definition) is 0. The largest absolute Gasteiger partial charge is 3.00 e. The molecule has 0 aromatic heterocycles. The molecule has 0 atom stereocenters. The molecular weight excluding hydrogens is 285 g/mol. The second-order valence-electron chi connectivity index (χ2n) is 0. The molecular formula is Br3Sc. The summed E-state index contributed by atoms with van der Waals surface area (Å²) in [6.07, 6.45) is 0. The van der Waals surface area contributed by atoms with E-state index in [0.717, 1.165) is 0 Å². The Morgan fingerprint density at radius 2 is 0.500 bits per heavy atom. The van der Waals surface area contributed by atoms with Crippen LogP contribution in [0.25, 0.3) is 0 Å². The first-order valence-corrected chi connectivity index (χ1v) is 0. The second-order valence-corrected chi connectivity index (χ2v) is 0. The van der Waals surface area contributed by atoms with Gasteiger partial charge in [-0.3, -0.25) is 0 Å². The van der Waals surface area contributed by atoms with E-state index < -0.39 is 0 Å². The van der Waals surface area contributed by atoms with E-state index in [2.05, 4.69) is 0 Å². The Morgan fingerprint density at radius 1 is 0.500 bits per heavy atom. The molecule has 0 unspecified atom stereocenters. The van der Waals surface area contributed by atoms with Crippen molar-refractivity contribution in [1.29, 1.82) is 0 Å². The van der Waals surface area contributed by atoms with Gasteiger partial charge in [-0.15, -0.1) is 0 Å². The van der Waals surface area contributed by atoms with E-state index in [0.29, 0.717) is 0 Å². The second kappa shape index (κ2) is 18.5. The Bertz CT molecular complexity index is 3.25. The zero-order valence-corrected chi connectivity index (χ0v) is 8.27. The Labute approximate surface area is 75.8 Å². The first kappa shape index (κ1) is 33.3.